The first-order valence-corrected chi connectivity index (χ1v) is 11.8. The van der Waals surface area contributed by atoms with Crippen LogP contribution in [0, 0.1) is 5.82 Å². The molecule has 4 aromatic rings. The number of anilines is 2. The lowest BCUT2D eigenvalue weighted by atomic mass is 10.2. The van der Waals surface area contributed by atoms with Gasteiger partial charge in [0.2, 0.25) is 17.7 Å². The molecule has 2 aromatic carbocycles. The molecular formula is C21H17FN4O4S2. The number of halogens is 1. The van der Waals surface area contributed by atoms with Gasteiger partial charge in [-0.25, -0.2) is 12.8 Å². The predicted molar refractivity (Wildman–Crippen MR) is 118 cm³/mol. The van der Waals surface area contributed by atoms with Crippen LogP contribution in [0.15, 0.2) is 74.7 Å². The number of benzene rings is 2. The van der Waals surface area contributed by atoms with E-state index < -0.39 is 15.8 Å². The number of nitrogens with one attached hydrogen (secondary N) is 2. The Morgan fingerprint density at radius 1 is 1.06 bits per heavy atom. The van der Waals surface area contributed by atoms with Gasteiger partial charge in [-0.15, -0.1) is 10.2 Å². The molecule has 0 saturated heterocycles. The van der Waals surface area contributed by atoms with Crippen molar-refractivity contribution in [2.24, 2.45) is 0 Å². The smallest absolute Gasteiger partial charge is 0.261 e. The maximum Gasteiger partial charge on any atom is 0.261 e. The Bertz CT molecular complexity index is 1320. The second kappa shape index (κ2) is 9.28. The molecule has 0 spiro atoms. The lowest BCUT2D eigenvalue weighted by Gasteiger charge is -2.09. The normalized spacial score (nSPS) is 11.3. The molecule has 11 heteroatoms. The van der Waals surface area contributed by atoms with E-state index in [-0.39, 0.29) is 29.3 Å². The molecule has 0 atom stereocenters. The molecular weight excluding hydrogens is 455 g/mol. The number of carbonyl (C=O) groups excluding carboxylic acids is 1. The van der Waals surface area contributed by atoms with Crippen molar-refractivity contribution in [1.29, 1.82) is 0 Å². The fourth-order valence-corrected chi connectivity index (χ4v) is 4.46. The number of hydrogen-bond acceptors (Lipinski definition) is 7. The van der Waals surface area contributed by atoms with Crippen LogP contribution >= 0.6 is 11.3 Å². The summed E-state index contributed by atoms with van der Waals surface area (Å²) < 4.78 is 46.0. The van der Waals surface area contributed by atoms with E-state index in [0.717, 1.165) is 11.6 Å². The van der Waals surface area contributed by atoms with Crippen LogP contribution in [-0.4, -0.2) is 24.5 Å². The van der Waals surface area contributed by atoms with Crippen molar-refractivity contribution in [3.05, 3.63) is 77.1 Å². The summed E-state index contributed by atoms with van der Waals surface area (Å²) in [6, 6.07) is 12.7. The van der Waals surface area contributed by atoms with Crippen LogP contribution in [0.4, 0.5) is 15.8 Å². The van der Waals surface area contributed by atoms with Crippen molar-refractivity contribution in [3.8, 4) is 11.5 Å². The summed E-state index contributed by atoms with van der Waals surface area (Å²) in [5.74, 6) is -0.0724. The molecule has 0 saturated carbocycles. The molecule has 32 heavy (non-hydrogen) atoms. The number of sulfonamides is 1. The summed E-state index contributed by atoms with van der Waals surface area (Å²) in [6.45, 7) is 0. The molecule has 0 fully saturated rings. The zero-order chi connectivity index (χ0) is 22.6. The predicted octanol–water partition coefficient (Wildman–Crippen LogP) is 4.31. The zero-order valence-corrected chi connectivity index (χ0v) is 18.1. The first-order valence-electron chi connectivity index (χ1n) is 9.42. The average molecular weight is 473 g/mol. The number of aromatic nitrogens is 2. The third kappa shape index (κ3) is 5.37. The van der Waals surface area contributed by atoms with Crippen molar-refractivity contribution >= 4 is 38.6 Å². The van der Waals surface area contributed by atoms with E-state index in [4.69, 9.17) is 4.42 Å². The quantitative estimate of drug-likeness (QED) is 0.395. The lowest BCUT2D eigenvalue weighted by Crippen LogP contribution is -2.14. The van der Waals surface area contributed by atoms with Gasteiger partial charge >= 0.3 is 0 Å². The van der Waals surface area contributed by atoms with E-state index in [9.17, 15) is 17.6 Å². The molecule has 0 aliphatic heterocycles. The second-order valence-corrected chi connectivity index (χ2v) is 9.16. The highest BCUT2D eigenvalue weighted by Crippen LogP contribution is 2.21. The van der Waals surface area contributed by atoms with Crippen molar-refractivity contribution < 1.29 is 22.0 Å². The van der Waals surface area contributed by atoms with E-state index in [1.807, 2.05) is 16.8 Å². The standard InChI is InChI=1S/C21H17FN4O4S2/c22-15-2-1-3-17(12-15)26-32(28,29)18-6-4-16(5-7-18)23-19(27)8-9-20-24-25-21(30-20)14-10-11-31-13-14/h1-7,10-13,26H,8-9H2,(H,23,27). The van der Waals surface area contributed by atoms with Crippen molar-refractivity contribution in [2.75, 3.05) is 10.0 Å². The lowest BCUT2D eigenvalue weighted by molar-refractivity contribution is -0.116. The molecule has 4 rings (SSSR count). The molecule has 2 heterocycles. The summed E-state index contributed by atoms with van der Waals surface area (Å²) in [5, 5.41) is 14.4. The number of rotatable bonds is 8. The van der Waals surface area contributed by atoms with Crippen LogP contribution in [0.1, 0.15) is 12.3 Å². The molecule has 0 radical (unpaired) electrons. The van der Waals surface area contributed by atoms with Gasteiger partial charge in [-0.2, -0.15) is 11.3 Å². The Labute approximate surface area is 187 Å². The Morgan fingerprint density at radius 3 is 2.59 bits per heavy atom. The third-order valence-electron chi connectivity index (χ3n) is 4.33. The van der Waals surface area contributed by atoms with Crippen LogP contribution in [0.2, 0.25) is 0 Å². The summed E-state index contributed by atoms with van der Waals surface area (Å²) in [6.07, 6.45) is 0.388. The summed E-state index contributed by atoms with van der Waals surface area (Å²) in [5.41, 5.74) is 1.38. The van der Waals surface area contributed by atoms with E-state index >= 15 is 0 Å². The number of thiophene rings is 1. The average Bonchev–Trinajstić information content (AvgIpc) is 3.44. The molecule has 0 unspecified atom stereocenters. The number of nitrogens with zero attached hydrogens (tertiary/aromatic N) is 2. The first-order chi connectivity index (χ1) is 15.4. The van der Waals surface area contributed by atoms with Gasteiger partial charge in [0.1, 0.15) is 5.82 Å². The minimum Gasteiger partial charge on any atom is -0.421 e. The fraction of sp³-hybridized carbons (Fsp3) is 0.0952. The van der Waals surface area contributed by atoms with Gasteiger partial charge in [-0.1, -0.05) is 6.07 Å². The SMILES string of the molecule is O=C(CCc1nnc(-c2ccsc2)o1)Nc1ccc(S(=O)(=O)Nc2cccc(F)c2)cc1. The van der Waals surface area contributed by atoms with E-state index in [2.05, 4.69) is 20.2 Å². The van der Waals surface area contributed by atoms with Crippen LogP contribution < -0.4 is 10.0 Å². The topological polar surface area (TPSA) is 114 Å². The maximum absolute atomic E-state index is 13.3. The third-order valence-corrected chi connectivity index (χ3v) is 6.41. The summed E-state index contributed by atoms with van der Waals surface area (Å²) in [4.78, 5) is 12.2. The minimum absolute atomic E-state index is 0.0217. The van der Waals surface area contributed by atoms with Crippen LogP contribution in [-0.2, 0) is 21.2 Å². The van der Waals surface area contributed by atoms with Crippen molar-refractivity contribution in [2.45, 2.75) is 17.7 Å². The largest absolute Gasteiger partial charge is 0.421 e. The fourth-order valence-electron chi connectivity index (χ4n) is 2.78. The van der Waals surface area contributed by atoms with Gasteiger partial charge in [0, 0.05) is 29.5 Å². The number of aryl methyl sites for hydroxylation is 1. The molecule has 1 amide bonds. The highest BCUT2D eigenvalue weighted by molar-refractivity contribution is 7.92. The monoisotopic (exact) mass is 472 g/mol. The first kappa shape index (κ1) is 21.7. The van der Waals surface area contributed by atoms with Gasteiger partial charge in [0.05, 0.1) is 10.6 Å². The highest BCUT2D eigenvalue weighted by Gasteiger charge is 2.15. The number of carbonyl (C=O) groups is 1. The molecule has 0 aliphatic carbocycles. The van der Waals surface area contributed by atoms with Crippen LogP contribution in [0.5, 0.6) is 0 Å². The van der Waals surface area contributed by atoms with E-state index in [0.29, 0.717) is 17.5 Å². The Balaban J connectivity index is 1.32. The number of amides is 1. The molecule has 2 aromatic heterocycles. The molecule has 8 nitrogen and oxygen atoms in total. The Kier molecular flexibility index (Phi) is 6.28. The minimum atomic E-state index is -3.89. The van der Waals surface area contributed by atoms with Gasteiger partial charge in [-0.3, -0.25) is 9.52 Å². The number of hydrogen-bond donors (Lipinski definition) is 2. The van der Waals surface area contributed by atoms with Gasteiger partial charge in [0.15, 0.2) is 0 Å². The second-order valence-electron chi connectivity index (χ2n) is 6.70. The highest BCUT2D eigenvalue weighted by atomic mass is 32.2. The van der Waals surface area contributed by atoms with Crippen molar-refractivity contribution in [1.82, 2.24) is 10.2 Å². The van der Waals surface area contributed by atoms with Gasteiger partial charge < -0.3 is 9.73 Å². The Morgan fingerprint density at radius 2 is 1.88 bits per heavy atom. The molecule has 2 N–H and O–H groups in total. The molecule has 164 valence electrons. The summed E-state index contributed by atoms with van der Waals surface area (Å²) >= 11 is 1.52. The van der Waals surface area contributed by atoms with E-state index in [1.54, 1.807) is 0 Å². The Hall–Kier alpha value is -3.57. The maximum atomic E-state index is 13.3. The van der Waals surface area contributed by atoms with Gasteiger partial charge in [0.25, 0.3) is 10.0 Å². The van der Waals surface area contributed by atoms with Crippen LogP contribution in [0.25, 0.3) is 11.5 Å². The zero-order valence-electron chi connectivity index (χ0n) is 16.5. The van der Waals surface area contributed by atoms with Crippen molar-refractivity contribution in [3.63, 3.8) is 0 Å². The molecule has 0 bridgehead atoms. The molecule has 0 aliphatic rings. The van der Waals surface area contributed by atoms with E-state index in [1.165, 1.54) is 53.8 Å². The van der Waals surface area contributed by atoms with Crippen LogP contribution in [0.3, 0.4) is 0 Å². The van der Waals surface area contributed by atoms with Gasteiger partial charge in [-0.05, 0) is 53.9 Å². The summed E-state index contributed by atoms with van der Waals surface area (Å²) in [7, 11) is -3.89.